The van der Waals surface area contributed by atoms with Crippen LogP contribution in [0, 0.1) is 0 Å². The number of nitrogens with one attached hydrogen (secondary N) is 2. The predicted octanol–water partition coefficient (Wildman–Crippen LogP) is 4.99. The van der Waals surface area contributed by atoms with Crippen molar-refractivity contribution in [2.75, 3.05) is 5.32 Å². The van der Waals surface area contributed by atoms with Gasteiger partial charge in [0.1, 0.15) is 0 Å². The minimum absolute atomic E-state index is 0.117. The fourth-order valence-electron chi connectivity index (χ4n) is 2.93. The maximum absolute atomic E-state index is 12.5. The van der Waals surface area contributed by atoms with Gasteiger partial charge in [0.25, 0.3) is 11.8 Å². The molecule has 0 heterocycles. The molecule has 0 spiro atoms. The monoisotopic (exact) mass is 372 g/mol. The summed E-state index contributed by atoms with van der Waals surface area (Å²) < 4.78 is 0. The summed E-state index contributed by atoms with van der Waals surface area (Å²) >= 11 is 0. The highest BCUT2D eigenvalue weighted by atomic mass is 16.2. The second-order valence-corrected chi connectivity index (χ2v) is 6.69. The molecule has 1 atom stereocenters. The zero-order valence-corrected chi connectivity index (χ0v) is 16.1. The van der Waals surface area contributed by atoms with E-state index in [0.29, 0.717) is 16.8 Å². The van der Waals surface area contributed by atoms with Crippen LogP contribution in [-0.4, -0.2) is 11.8 Å². The Bertz CT molecular complexity index is 950. The molecule has 4 heteroatoms. The number of hydrogen-bond donors (Lipinski definition) is 2. The van der Waals surface area contributed by atoms with Gasteiger partial charge in [-0.2, -0.15) is 0 Å². The Balaban J connectivity index is 1.66. The third-order valence-corrected chi connectivity index (χ3v) is 4.65. The van der Waals surface area contributed by atoms with Gasteiger partial charge in [0.05, 0.1) is 6.04 Å². The van der Waals surface area contributed by atoms with E-state index in [1.165, 1.54) is 5.56 Å². The summed E-state index contributed by atoms with van der Waals surface area (Å²) in [4.78, 5) is 24.8. The largest absolute Gasteiger partial charge is 0.346 e. The van der Waals surface area contributed by atoms with Crippen molar-refractivity contribution in [3.05, 3.63) is 101 Å². The first-order valence-electron chi connectivity index (χ1n) is 9.43. The van der Waals surface area contributed by atoms with Crippen LogP contribution >= 0.6 is 0 Å². The molecule has 28 heavy (non-hydrogen) atoms. The van der Waals surface area contributed by atoms with Crippen LogP contribution < -0.4 is 10.6 Å². The first-order valence-corrected chi connectivity index (χ1v) is 9.43. The van der Waals surface area contributed by atoms with Gasteiger partial charge in [-0.15, -0.1) is 0 Å². The maximum Gasteiger partial charge on any atom is 0.255 e. The van der Waals surface area contributed by atoms with Crippen molar-refractivity contribution in [2.45, 2.75) is 26.3 Å². The zero-order valence-electron chi connectivity index (χ0n) is 16.1. The van der Waals surface area contributed by atoms with Crippen LogP contribution in [0.25, 0.3) is 0 Å². The first kappa shape index (κ1) is 19.4. The fraction of sp³-hybridized carbons (Fsp3) is 0.167. The lowest BCUT2D eigenvalue weighted by Crippen LogP contribution is -2.26. The molecule has 142 valence electrons. The number of anilines is 1. The van der Waals surface area contributed by atoms with Crippen molar-refractivity contribution in [3.8, 4) is 0 Å². The molecule has 0 aliphatic rings. The topological polar surface area (TPSA) is 58.2 Å². The Morgan fingerprint density at radius 3 is 2.18 bits per heavy atom. The average molecular weight is 372 g/mol. The van der Waals surface area contributed by atoms with Crippen molar-refractivity contribution >= 4 is 17.5 Å². The number of hydrogen-bond acceptors (Lipinski definition) is 2. The van der Waals surface area contributed by atoms with Crippen LogP contribution in [0.1, 0.15) is 51.7 Å². The Morgan fingerprint density at radius 2 is 1.50 bits per heavy atom. The molecule has 0 saturated heterocycles. The quantitative estimate of drug-likeness (QED) is 0.640. The number of carbonyl (C=O) groups excluding carboxylic acids is 2. The summed E-state index contributed by atoms with van der Waals surface area (Å²) in [6.07, 6.45) is 0.944. The van der Waals surface area contributed by atoms with Crippen molar-refractivity contribution in [2.24, 2.45) is 0 Å². The molecular weight excluding hydrogens is 348 g/mol. The second kappa shape index (κ2) is 9.00. The van der Waals surface area contributed by atoms with E-state index in [4.69, 9.17) is 0 Å². The number of aryl methyl sites for hydroxylation is 1. The highest BCUT2D eigenvalue weighted by Gasteiger charge is 2.13. The molecule has 4 nitrogen and oxygen atoms in total. The van der Waals surface area contributed by atoms with E-state index in [0.717, 1.165) is 12.0 Å². The highest BCUT2D eigenvalue weighted by molar-refractivity contribution is 6.04. The summed E-state index contributed by atoms with van der Waals surface area (Å²) in [6, 6.07) is 24.0. The van der Waals surface area contributed by atoms with Gasteiger partial charge in [-0.1, -0.05) is 49.4 Å². The molecule has 2 N–H and O–H groups in total. The van der Waals surface area contributed by atoms with Crippen LogP contribution in [0.2, 0.25) is 0 Å². The van der Waals surface area contributed by atoms with Crippen LogP contribution in [0.3, 0.4) is 0 Å². The zero-order chi connectivity index (χ0) is 19.9. The lowest BCUT2D eigenvalue weighted by molar-refractivity contribution is 0.0939. The smallest absolute Gasteiger partial charge is 0.255 e. The van der Waals surface area contributed by atoms with E-state index in [9.17, 15) is 9.59 Å². The second-order valence-electron chi connectivity index (χ2n) is 6.69. The summed E-state index contributed by atoms with van der Waals surface area (Å²) in [5.74, 6) is -0.278. The molecule has 0 saturated carbocycles. The summed E-state index contributed by atoms with van der Waals surface area (Å²) in [5, 5.41) is 5.91. The van der Waals surface area contributed by atoms with Gasteiger partial charge < -0.3 is 10.6 Å². The standard InChI is InChI=1S/C24H24N2O2/c1-3-18-12-14-20(15-13-18)23(27)25-17(2)21-10-7-11-22(16-21)26-24(28)19-8-5-4-6-9-19/h4-17H,3H2,1-2H3,(H,25,27)(H,26,28). The van der Waals surface area contributed by atoms with Crippen molar-refractivity contribution < 1.29 is 9.59 Å². The highest BCUT2D eigenvalue weighted by Crippen LogP contribution is 2.19. The molecule has 0 aromatic heterocycles. The van der Waals surface area contributed by atoms with E-state index >= 15 is 0 Å². The van der Waals surface area contributed by atoms with E-state index < -0.39 is 0 Å². The molecule has 0 aliphatic carbocycles. The molecule has 0 aliphatic heterocycles. The Hall–Kier alpha value is -3.40. The van der Waals surface area contributed by atoms with E-state index in [2.05, 4.69) is 17.6 Å². The Labute approximate surface area is 165 Å². The number of benzene rings is 3. The van der Waals surface area contributed by atoms with Crippen LogP contribution in [0.15, 0.2) is 78.9 Å². The van der Waals surface area contributed by atoms with Crippen molar-refractivity contribution in [1.29, 1.82) is 0 Å². The van der Waals surface area contributed by atoms with Crippen molar-refractivity contribution in [3.63, 3.8) is 0 Å². The molecule has 3 aromatic rings. The third kappa shape index (κ3) is 4.86. The van der Waals surface area contributed by atoms with E-state index in [1.54, 1.807) is 12.1 Å². The Kier molecular flexibility index (Phi) is 6.22. The normalized spacial score (nSPS) is 11.5. The van der Waals surface area contributed by atoms with Gasteiger partial charge in [0.2, 0.25) is 0 Å². The lowest BCUT2D eigenvalue weighted by Gasteiger charge is -2.16. The lowest BCUT2D eigenvalue weighted by atomic mass is 10.1. The van der Waals surface area contributed by atoms with Crippen LogP contribution in [-0.2, 0) is 6.42 Å². The molecule has 3 rings (SSSR count). The number of carbonyl (C=O) groups is 2. The first-order chi connectivity index (χ1) is 13.6. The molecule has 3 aromatic carbocycles. The maximum atomic E-state index is 12.5. The van der Waals surface area contributed by atoms with Gasteiger partial charge >= 0.3 is 0 Å². The van der Waals surface area contributed by atoms with E-state index in [-0.39, 0.29) is 17.9 Å². The molecule has 0 fully saturated rings. The van der Waals surface area contributed by atoms with E-state index in [1.807, 2.05) is 73.7 Å². The van der Waals surface area contributed by atoms with Gasteiger partial charge in [-0.05, 0) is 60.9 Å². The Morgan fingerprint density at radius 1 is 0.821 bits per heavy atom. The molecule has 1 unspecified atom stereocenters. The predicted molar refractivity (Wildman–Crippen MR) is 113 cm³/mol. The molecular formula is C24H24N2O2. The third-order valence-electron chi connectivity index (χ3n) is 4.65. The number of rotatable bonds is 6. The minimum Gasteiger partial charge on any atom is -0.346 e. The summed E-state index contributed by atoms with van der Waals surface area (Å²) in [5.41, 5.74) is 4.05. The van der Waals surface area contributed by atoms with Gasteiger partial charge in [0, 0.05) is 16.8 Å². The van der Waals surface area contributed by atoms with Crippen LogP contribution in [0.5, 0.6) is 0 Å². The number of amides is 2. The van der Waals surface area contributed by atoms with Crippen LogP contribution in [0.4, 0.5) is 5.69 Å². The van der Waals surface area contributed by atoms with Gasteiger partial charge in [-0.25, -0.2) is 0 Å². The molecule has 2 amide bonds. The SMILES string of the molecule is CCc1ccc(C(=O)NC(C)c2cccc(NC(=O)c3ccccc3)c2)cc1. The van der Waals surface area contributed by atoms with Crippen molar-refractivity contribution in [1.82, 2.24) is 5.32 Å². The summed E-state index contributed by atoms with van der Waals surface area (Å²) in [7, 11) is 0. The minimum atomic E-state index is -0.188. The van der Waals surface area contributed by atoms with Gasteiger partial charge in [0.15, 0.2) is 0 Å². The average Bonchev–Trinajstić information content (AvgIpc) is 2.74. The molecule has 0 radical (unpaired) electrons. The fourth-order valence-corrected chi connectivity index (χ4v) is 2.93. The summed E-state index contributed by atoms with van der Waals surface area (Å²) in [6.45, 7) is 4.01. The van der Waals surface area contributed by atoms with Gasteiger partial charge in [-0.3, -0.25) is 9.59 Å². The molecule has 0 bridgehead atoms.